The van der Waals surface area contributed by atoms with Crippen LogP contribution in [0.5, 0.6) is 0 Å². The molecule has 0 aromatic carbocycles. The molecule has 98 valence electrons. The Morgan fingerprint density at radius 3 is 2.39 bits per heavy atom. The quantitative estimate of drug-likeness (QED) is 0.857. The number of hydrogen-bond acceptors (Lipinski definition) is 3. The van der Waals surface area contributed by atoms with Crippen molar-refractivity contribution in [1.29, 1.82) is 0 Å². The number of amides is 2. The maximum absolute atomic E-state index is 11.9. The van der Waals surface area contributed by atoms with E-state index in [1.807, 2.05) is 34.7 Å². The molecule has 1 aromatic heterocycles. The molecule has 2 amide bonds. The number of carbonyl (C=O) groups excluding carboxylic acids is 1. The summed E-state index contributed by atoms with van der Waals surface area (Å²) in [5, 5.41) is 4.38. The Balaban J connectivity index is 2.54. The van der Waals surface area contributed by atoms with Crippen LogP contribution in [0.3, 0.4) is 0 Å². The molecule has 1 atom stereocenters. The van der Waals surface area contributed by atoms with Gasteiger partial charge < -0.3 is 10.6 Å². The molecule has 18 heavy (non-hydrogen) atoms. The molecule has 0 radical (unpaired) electrons. The van der Waals surface area contributed by atoms with Crippen molar-refractivity contribution in [3.8, 4) is 0 Å². The molecule has 0 spiro atoms. The Bertz CT molecular complexity index is 529. The van der Waals surface area contributed by atoms with Gasteiger partial charge in [-0.15, -0.1) is 0 Å². The molecule has 1 aliphatic heterocycles. The van der Waals surface area contributed by atoms with Crippen LogP contribution in [0.25, 0.3) is 0 Å². The number of urea groups is 1. The predicted molar refractivity (Wildman–Crippen MR) is 69.4 cm³/mol. The van der Waals surface area contributed by atoms with Gasteiger partial charge in [-0.3, -0.25) is 4.68 Å². The summed E-state index contributed by atoms with van der Waals surface area (Å²) in [6.45, 7) is 7.82. The molecule has 0 saturated carbocycles. The van der Waals surface area contributed by atoms with E-state index in [4.69, 9.17) is 5.73 Å². The second-order valence-electron chi connectivity index (χ2n) is 4.93. The molecule has 1 aromatic rings. The van der Waals surface area contributed by atoms with Gasteiger partial charge >= 0.3 is 6.03 Å². The fraction of sp³-hybridized carbons (Fsp3) is 0.583. The first-order valence-corrected chi connectivity index (χ1v) is 6.01. The highest BCUT2D eigenvalue weighted by Crippen LogP contribution is 2.32. The Kier molecular flexibility index (Phi) is 2.88. The summed E-state index contributed by atoms with van der Waals surface area (Å²) >= 11 is 0. The Morgan fingerprint density at radius 2 is 1.94 bits per heavy atom. The van der Waals surface area contributed by atoms with Crippen LogP contribution in [-0.2, 0) is 7.05 Å². The Labute approximate surface area is 106 Å². The van der Waals surface area contributed by atoms with E-state index in [-0.39, 0.29) is 18.1 Å². The van der Waals surface area contributed by atoms with E-state index in [9.17, 15) is 4.79 Å². The summed E-state index contributed by atoms with van der Waals surface area (Å²) in [5.74, 6) is 0.355. The fourth-order valence-corrected chi connectivity index (χ4v) is 2.47. The van der Waals surface area contributed by atoms with Crippen molar-refractivity contribution in [3.05, 3.63) is 17.0 Å². The van der Waals surface area contributed by atoms with Gasteiger partial charge in [-0.2, -0.15) is 10.1 Å². The smallest absolute Gasteiger partial charge is 0.346 e. The van der Waals surface area contributed by atoms with E-state index < -0.39 is 0 Å². The van der Waals surface area contributed by atoms with Crippen LogP contribution in [0.2, 0.25) is 0 Å². The monoisotopic (exact) mass is 249 g/mol. The van der Waals surface area contributed by atoms with Crippen molar-refractivity contribution in [2.24, 2.45) is 17.8 Å². The van der Waals surface area contributed by atoms with Gasteiger partial charge in [0.25, 0.3) is 0 Å². The second kappa shape index (κ2) is 4.12. The number of carbonyl (C=O) groups is 1. The zero-order valence-corrected chi connectivity index (χ0v) is 11.4. The lowest BCUT2D eigenvalue weighted by Gasteiger charge is -2.28. The lowest BCUT2D eigenvalue weighted by atomic mass is 10.0. The van der Waals surface area contributed by atoms with Crippen molar-refractivity contribution in [1.82, 2.24) is 14.7 Å². The van der Waals surface area contributed by atoms with Crippen molar-refractivity contribution < 1.29 is 4.79 Å². The zero-order chi connectivity index (χ0) is 13.6. The number of nitrogens with two attached hydrogens (primary N) is 1. The van der Waals surface area contributed by atoms with E-state index in [0.717, 1.165) is 17.0 Å². The van der Waals surface area contributed by atoms with Gasteiger partial charge in [0, 0.05) is 24.3 Å². The number of nitrogens with zero attached hydrogens (tertiary/aromatic N) is 4. The average molecular weight is 249 g/mol. The van der Waals surface area contributed by atoms with Crippen LogP contribution in [0.15, 0.2) is 4.99 Å². The van der Waals surface area contributed by atoms with Crippen molar-refractivity contribution >= 4 is 11.9 Å². The third kappa shape index (κ3) is 1.68. The third-order valence-electron chi connectivity index (χ3n) is 3.40. The minimum absolute atomic E-state index is 0.0475. The lowest BCUT2D eigenvalue weighted by Crippen LogP contribution is -2.38. The minimum atomic E-state index is -0.286. The zero-order valence-electron chi connectivity index (χ0n) is 11.4. The molecule has 0 fully saturated rings. The van der Waals surface area contributed by atoms with E-state index >= 15 is 0 Å². The van der Waals surface area contributed by atoms with Gasteiger partial charge in [0.15, 0.2) is 0 Å². The molecule has 0 bridgehead atoms. The molecule has 0 aliphatic carbocycles. The maximum atomic E-state index is 11.9. The highest BCUT2D eigenvalue weighted by Gasteiger charge is 2.39. The van der Waals surface area contributed by atoms with Crippen LogP contribution in [-0.4, -0.2) is 32.6 Å². The standard InChI is InChI=1S/C12H19N5O/c1-6(2)17-10(11(13)14-12(17)18)9-7(3)15-16(5)8(9)4/h6,10H,1-5H3,(H2,13,14,18). The SMILES string of the molecule is Cc1nn(C)c(C)c1C1C(N)=NC(=O)N1C(C)C. The van der Waals surface area contributed by atoms with Gasteiger partial charge in [-0.05, 0) is 27.7 Å². The van der Waals surface area contributed by atoms with E-state index in [1.165, 1.54) is 0 Å². The number of aromatic nitrogens is 2. The first-order chi connectivity index (χ1) is 8.34. The van der Waals surface area contributed by atoms with Crippen LogP contribution >= 0.6 is 0 Å². The van der Waals surface area contributed by atoms with Crippen LogP contribution in [0, 0.1) is 13.8 Å². The summed E-state index contributed by atoms with van der Waals surface area (Å²) in [6, 6.07) is -0.507. The molecule has 1 aliphatic rings. The normalized spacial score (nSPS) is 19.9. The second-order valence-corrected chi connectivity index (χ2v) is 4.93. The van der Waals surface area contributed by atoms with Gasteiger partial charge in [0.1, 0.15) is 11.9 Å². The topological polar surface area (TPSA) is 76.5 Å². The highest BCUT2D eigenvalue weighted by atomic mass is 16.2. The van der Waals surface area contributed by atoms with Gasteiger partial charge in [-0.1, -0.05) is 0 Å². The van der Waals surface area contributed by atoms with Crippen molar-refractivity contribution in [2.45, 2.75) is 39.8 Å². The van der Waals surface area contributed by atoms with Gasteiger partial charge in [0.2, 0.25) is 0 Å². The molecule has 2 N–H and O–H groups in total. The average Bonchev–Trinajstić information content (AvgIpc) is 2.65. The number of rotatable bonds is 2. The summed E-state index contributed by atoms with van der Waals surface area (Å²) in [6.07, 6.45) is 0. The minimum Gasteiger partial charge on any atom is -0.385 e. The molecule has 6 heteroatoms. The number of aliphatic imine (C=N–C) groups is 1. The van der Waals surface area contributed by atoms with Crippen LogP contribution in [0.1, 0.15) is 36.8 Å². The molecular weight excluding hydrogens is 230 g/mol. The van der Waals surface area contributed by atoms with Gasteiger partial charge in [0.05, 0.1) is 5.69 Å². The highest BCUT2D eigenvalue weighted by molar-refractivity contribution is 6.03. The van der Waals surface area contributed by atoms with Gasteiger partial charge in [-0.25, -0.2) is 4.79 Å². The summed E-state index contributed by atoms with van der Waals surface area (Å²) < 4.78 is 1.80. The number of hydrogen-bond donors (Lipinski definition) is 1. The molecule has 0 saturated heterocycles. The van der Waals surface area contributed by atoms with Crippen LogP contribution < -0.4 is 5.73 Å². The van der Waals surface area contributed by atoms with Crippen molar-refractivity contribution in [2.75, 3.05) is 0 Å². The molecule has 6 nitrogen and oxygen atoms in total. The first kappa shape index (κ1) is 12.6. The largest absolute Gasteiger partial charge is 0.385 e. The molecule has 2 heterocycles. The fourth-order valence-electron chi connectivity index (χ4n) is 2.47. The van der Waals surface area contributed by atoms with Crippen LogP contribution in [0.4, 0.5) is 4.79 Å². The number of aryl methyl sites for hydroxylation is 2. The van der Waals surface area contributed by atoms with E-state index in [1.54, 1.807) is 9.58 Å². The molecule has 2 rings (SSSR count). The lowest BCUT2D eigenvalue weighted by molar-refractivity contribution is 0.190. The van der Waals surface area contributed by atoms with E-state index in [2.05, 4.69) is 10.1 Å². The summed E-state index contributed by atoms with van der Waals surface area (Å²) in [4.78, 5) is 17.5. The Hall–Kier alpha value is -1.85. The maximum Gasteiger partial charge on any atom is 0.346 e. The third-order valence-corrected chi connectivity index (χ3v) is 3.40. The summed E-state index contributed by atoms with van der Waals surface area (Å²) in [7, 11) is 1.88. The Morgan fingerprint density at radius 1 is 1.33 bits per heavy atom. The predicted octanol–water partition coefficient (Wildman–Crippen LogP) is 1.28. The van der Waals surface area contributed by atoms with Crippen molar-refractivity contribution in [3.63, 3.8) is 0 Å². The number of amidine groups is 1. The summed E-state index contributed by atoms with van der Waals surface area (Å²) in [5.41, 5.74) is 8.81. The first-order valence-electron chi connectivity index (χ1n) is 6.01. The molecule has 1 unspecified atom stereocenters. The van der Waals surface area contributed by atoms with E-state index in [0.29, 0.717) is 5.84 Å². The molecular formula is C12H19N5O.